The van der Waals surface area contributed by atoms with E-state index in [-0.39, 0.29) is 11.4 Å². The molecule has 0 bridgehead atoms. The van der Waals surface area contributed by atoms with Gasteiger partial charge in [0.2, 0.25) is 0 Å². The van der Waals surface area contributed by atoms with E-state index in [1.54, 1.807) is 30.3 Å². The summed E-state index contributed by atoms with van der Waals surface area (Å²) in [4.78, 5) is 12.3. The van der Waals surface area contributed by atoms with Crippen molar-refractivity contribution >= 4 is 23.2 Å². The molecule has 1 amide bonds. The minimum Gasteiger partial charge on any atom is -0.380 e. The molecular weight excluding hydrogens is 338 g/mol. The van der Waals surface area contributed by atoms with E-state index in [1.165, 1.54) is 19.1 Å². The third-order valence-corrected chi connectivity index (χ3v) is 4.13. The lowest BCUT2D eigenvalue weighted by atomic mass is 9.95. The van der Waals surface area contributed by atoms with Gasteiger partial charge in [-0.05, 0) is 55.7 Å². The summed E-state index contributed by atoms with van der Waals surface area (Å²) in [7, 11) is 0. The molecule has 5 nitrogen and oxygen atoms in total. The van der Waals surface area contributed by atoms with Crippen molar-refractivity contribution in [2.75, 3.05) is 5.32 Å². The van der Waals surface area contributed by atoms with Crippen LogP contribution in [0.25, 0.3) is 0 Å². The van der Waals surface area contributed by atoms with Gasteiger partial charge in [-0.3, -0.25) is 4.79 Å². The van der Waals surface area contributed by atoms with Crippen LogP contribution in [0, 0.1) is 22.7 Å². The number of nitrogens with one attached hydrogen (secondary N) is 1. The summed E-state index contributed by atoms with van der Waals surface area (Å²) in [6.07, 6.45) is 0.703. The highest BCUT2D eigenvalue weighted by Crippen LogP contribution is 2.22. The van der Waals surface area contributed by atoms with Crippen molar-refractivity contribution in [2.45, 2.75) is 25.4 Å². The standard InChI is InChI=1S/C19H16ClN3O2/c1-19(25,9-8-13-2-4-14(11-21)5-3-13)18(24)23-16-7-6-15(12-22)17(20)10-16/h2-7,10,25H,8-9H2,1H3,(H,23,24)/t19-/m1/s1. The normalized spacial score (nSPS) is 12.5. The number of benzene rings is 2. The number of aliphatic hydroxyl groups is 1. The molecule has 0 unspecified atom stereocenters. The number of nitriles is 2. The van der Waals surface area contributed by atoms with Gasteiger partial charge in [0.15, 0.2) is 0 Å². The maximum atomic E-state index is 12.3. The summed E-state index contributed by atoms with van der Waals surface area (Å²) < 4.78 is 0. The molecule has 0 aliphatic rings. The van der Waals surface area contributed by atoms with E-state index >= 15 is 0 Å². The summed E-state index contributed by atoms with van der Waals surface area (Å²) in [6, 6.07) is 15.5. The Bertz CT molecular complexity index is 862. The molecular formula is C19H16ClN3O2. The predicted octanol–water partition coefficient (Wildman–Crippen LogP) is 3.41. The van der Waals surface area contributed by atoms with Crippen molar-refractivity contribution in [3.05, 3.63) is 64.2 Å². The van der Waals surface area contributed by atoms with Crippen LogP contribution in [0.15, 0.2) is 42.5 Å². The fourth-order valence-electron chi connectivity index (χ4n) is 2.20. The van der Waals surface area contributed by atoms with Crippen LogP contribution >= 0.6 is 11.6 Å². The molecule has 1 atom stereocenters. The molecule has 126 valence electrons. The fraction of sp³-hybridized carbons (Fsp3) is 0.211. The van der Waals surface area contributed by atoms with Gasteiger partial charge >= 0.3 is 0 Å². The molecule has 2 N–H and O–H groups in total. The molecule has 0 spiro atoms. The number of carbonyl (C=O) groups excluding carboxylic acids is 1. The lowest BCUT2D eigenvalue weighted by Crippen LogP contribution is -2.40. The Hall–Kier alpha value is -2.86. The first-order valence-corrected chi connectivity index (χ1v) is 7.96. The number of carbonyl (C=O) groups is 1. The van der Waals surface area contributed by atoms with Crippen LogP contribution in [0.5, 0.6) is 0 Å². The van der Waals surface area contributed by atoms with Gasteiger partial charge < -0.3 is 10.4 Å². The Morgan fingerprint density at radius 2 is 1.88 bits per heavy atom. The number of rotatable bonds is 5. The number of hydrogen-bond acceptors (Lipinski definition) is 4. The van der Waals surface area contributed by atoms with Crippen molar-refractivity contribution < 1.29 is 9.90 Å². The summed E-state index contributed by atoms with van der Waals surface area (Å²) >= 11 is 5.93. The van der Waals surface area contributed by atoms with Crippen LogP contribution in [0.4, 0.5) is 5.69 Å². The van der Waals surface area contributed by atoms with Crippen molar-refractivity contribution in [2.24, 2.45) is 0 Å². The summed E-state index contributed by atoms with van der Waals surface area (Å²) in [5.74, 6) is -0.554. The molecule has 0 radical (unpaired) electrons. The first kappa shape index (κ1) is 18.5. The SMILES string of the molecule is C[C@@](O)(CCc1ccc(C#N)cc1)C(=O)Nc1ccc(C#N)c(Cl)c1. The Labute approximate surface area is 151 Å². The highest BCUT2D eigenvalue weighted by molar-refractivity contribution is 6.32. The molecule has 2 rings (SSSR count). The zero-order valence-electron chi connectivity index (χ0n) is 13.6. The second-order valence-corrected chi connectivity index (χ2v) is 6.25. The Morgan fingerprint density at radius 1 is 1.20 bits per heavy atom. The van der Waals surface area contributed by atoms with Crippen LogP contribution < -0.4 is 5.32 Å². The second kappa shape index (κ2) is 7.81. The lowest BCUT2D eigenvalue weighted by Gasteiger charge is -2.22. The van der Waals surface area contributed by atoms with Gasteiger partial charge in [0.25, 0.3) is 5.91 Å². The first-order chi connectivity index (χ1) is 11.9. The zero-order valence-corrected chi connectivity index (χ0v) is 14.3. The highest BCUT2D eigenvalue weighted by atomic mass is 35.5. The smallest absolute Gasteiger partial charge is 0.256 e. The van der Waals surface area contributed by atoms with Crippen LogP contribution in [-0.4, -0.2) is 16.6 Å². The number of nitrogens with zero attached hydrogens (tertiary/aromatic N) is 2. The van der Waals surface area contributed by atoms with E-state index in [2.05, 4.69) is 5.32 Å². The molecule has 2 aromatic rings. The molecule has 25 heavy (non-hydrogen) atoms. The number of amides is 1. The molecule has 0 aromatic heterocycles. The quantitative estimate of drug-likeness (QED) is 0.860. The topological polar surface area (TPSA) is 96.9 Å². The van der Waals surface area contributed by atoms with Gasteiger partial charge in [-0.2, -0.15) is 10.5 Å². The van der Waals surface area contributed by atoms with Gasteiger partial charge in [-0.25, -0.2) is 0 Å². The van der Waals surface area contributed by atoms with E-state index in [9.17, 15) is 9.90 Å². The van der Waals surface area contributed by atoms with Gasteiger partial charge in [-0.1, -0.05) is 23.7 Å². The molecule has 6 heteroatoms. The minimum atomic E-state index is -1.58. The summed E-state index contributed by atoms with van der Waals surface area (Å²) in [5, 5.41) is 30.9. The lowest BCUT2D eigenvalue weighted by molar-refractivity contribution is -0.132. The maximum absolute atomic E-state index is 12.3. The third-order valence-electron chi connectivity index (χ3n) is 3.82. The number of halogens is 1. The number of hydrogen-bond donors (Lipinski definition) is 2. The Kier molecular flexibility index (Phi) is 5.77. The Balaban J connectivity index is 2.00. The van der Waals surface area contributed by atoms with E-state index in [0.29, 0.717) is 23.2 Å². The van der Waals surface area contributed by atoms with Gasteiger partial charge in [-0.15, -0.1) is 0 Å². The van der Waals surface area contributed by atoms with Gasteiger partial charge in [0.05, 0.1) is 22.2 Å². The van der Waals surface area contributed by atoms with Crippen LogP contribution in [0.3, 0.4) is 0 Å². The molecule has 0 saturated heterocycles. The van der Waals surface area contributed by atoms with Crippen molar-refractivity contribution in [1.82, 2.24) is 0 Å². The van der Waals surface area contributed by atoms with Crippen LogP contribution in [-0.2, 0) is 11.2 Å². The largest absolute Gasteiger partial charge is 0.380 e. The number of anilines is 1. The van der Waals surface area contributed by atoms with Gasteiger partial charge in [0.1, 0.15) is 11.7 Å². The Morgan fingerprint density at radius 3 is 2.44 bits per heavy atom. The summed E-state index contributed by atoms with van der Waals surface area (Å²) in [6.45, 7) is 1.44. The molecule has 0 aliphatic heterocycles. The van der Waals surface area contributed by atoms with E-state index < -0.39 is 11.5 Å². The van der Waals surface area contributed by atoms with Gasteiger partial charge in [0, 0.05) is 5.69 Å². The van der Waals surface area contributed by atoms with E-state index in [4.69, 9.17) is 22.1 Å². The third kappa shape index (κ3) is 4.81. The molecule has 2 aromatic carbocycles. The van der Waals surface area contributed by atoms with E-state index in [0.717, 1.165) is 5.56 Å². The minimum absolute atomic E-state index is 0.217. The summed E-state index contributed by atoms with van der Waals surface area (Å²) in [5.41, 5.74) is 0.633. The van der Waals surface area contributed by atoms with Crippen molar-refractivity contribution in [1.29, 1.82) is 10.5 Å². The molecule has 0 saturated carbocycles. The van der Waals surface area contributed by atoms with Crippen LogP contribution in [0.2, 0.25) is 5.02 Å². The average Bonchev–Trinajstić information content (AvgIpc) is 2.60. The fourth-order valence-corrected chi connectivity index (χ4v) is 2.42. The van der Waals surface area contributed by atoms with Crippen LogP contribution in [0.1, 0.15) is 30.0 Å². The van der Waals surface area contributed by atoms with E-state index in [1.807, 2.05) is 12.1 Å². The predicted molar refractivity (Wildman–Crippen MR) is 94.9 cm³/mol. The monoisotopic (exact) mass is 353 g/mol. The zero-order chi connectivity index (χ0) is 18.4. The molecule has 0 aliphatic carbocycles. The maximum Gasteiger partial charge on any atom is 0.256 e. The highest BCUT2D eigenvalue weighted by Gasteiger charge is 2.30. The first-order valence-electron chi connectivity index (χ1n) is 7.58. The molecule has 0 heterocycles. The van der Waals surface area contributed by atoms with Crippen molar-refractivity contribution in [3.8, 4) is 12.1 Å². The number of aryl methyl sites for hydroxylation is 1. The van der Waals surface area contributed by atoms with Crippen molar-refractivity contribution in [3.63, 3.8) is 0 Å². The average molecular weight is 354 g/mol. The second-order valence-electron chi connectivity index (χ2n) is 5.84. The molecule has 0 fully saturated rings.